The fourth-order valence-corrected chi connectivity index (χ4v) is 4.58. The quantitative estimate of drug-likeness (QED) is 0.622. The average molecular weight is 423 g/mol. The van der Waals surface area contributed by atoms with Gasteiger partial charge in [-0.3, -0.25) is 4.79 Å². The minimum absolute atomic E-state index is 0.255. The van der Waals surface area contributed by atoms with E-state index in [0.717, 1.165) is 29.4 Å². The Bertz CT molecular complexity index is 1140. The zero-order chi connectivity index (χ0) is 21.6. The fraction of sp³-hybridized carbons (Fsp3) is 0.333. The summed E-state index contributed by atoms with van der Waals surface area (Å²) in [6, 6.07) is 12.4. The SMILES string of the molecule is Cc1ccc(F)c(C(=O)N2CCC3(CC2)OCCc2cn(-c4ccccc4)nc23)c1F. The second-order valence-electron chi connectivity index (χ2n) is 8.22. The molecule has 160 valence electrons. The number of halogens is 2. The highest BCUT2D eigenvalue weighted by atomic mass is 19.1. The van der Waals surface area contributed by atoms with E-state index in [0.29, 0.717) is 32.5 Å². The Morgan fingerprint density at radius 1 is 1.10 bits per heavy atom. The van der Waals surface area contributed by atoms with E-state index in [4.69, 9.17) is 9.84 Å². The van der Waals surface area contributed by atoms with Gasteiger partial charge in [-0.05, 0) is 55.5 Å². The second-order valence-corrected chi connectivity index (χ2v) is 8.22. The topological polar surface area (TPSA) is 47.4 Å². The van der Waals surface area contributed by atoms with Crippen molar-refractivity contribution in [3.63, 3.8) is 0 Å². The smallest absolute Gasteiger partial charge is 0.259 e. The van der Waals surface area contributed by atoms with E-state index in [1.54, 1.807) is 0 Å². The molecule has 1 aromatic heterocycles. The maximum atomic E-state index is 14.5. The third-order valence-corrected chi connectivity index (χ3v) is 6.35. The Kier molecular flexibility index (Phi) is 4.85. The molecule has 1 spiro atoms. The summed E-state index contributed by atoms with van der Waals surface area (Å²) in [6.45, 7) is 2.81. The van der Waals surface area contributed by atoms with Gasteiger partial charge in [0.2, 0.25) is 0 Å². The number of carbonyl (C=O) groups is 1. The summed E-state index contributed by atoms with van der Waals surface area (Å²) in [5.41, 5.74) is 2.23. The molecule has 1 amide bonds. The predicted molar refractivity (Wildman–Crippen MR) is 111 cm³/mol. The Balaban J connectivity index is 1.39. The normalized spacial score (nSPS) is 17.6. The maximum absolute atomic E-state index is 14.5. The molecule has 3 heterocycles. The Morgan fingerprint density at radius 3 is 2.58 bits per heavy atom. The zero-order valence-corrected chi connectivity index (χ0v) is 17.3. The number of carbonyl (C=O) groups excluding carboxylic acids is 1. The Hall–Kier alpha value is -3.06. The Morgan fingerprint density at radius 2 is 1.84 bits per heavy atom. The van der Waals surface area contributed by atoms with Gasteiger partial charge in [0.05, 0.1) is 18.0 Å². The summed E-state index contributed by atoms with van der Waals surface area (Å²) in [5, 5.41) is 4.83. The molecular formula is C24H23F2N3O2. The molecule has 31 heavy (non-hydrogen) atoms. The number of rotatable bonds is 2. The lowest BCUT2D eigenvalue weighted by molar-refractivity contribution is -0.0963. The molecule has 2 aliphatic rings. The fourth-order valence-electron chi connectivity index (χ4n) is 4.58. The first-order valence-corrected chi connectivity index (χ1v) is 10.5. The summed E-state index contributed by atoms with van der Waals surface area (Å²) in [4.78, 5) is 14.4. The van der Waals surface area contributed by atoms with Crippen molar-refractivity contribution in [1.29, 1.82) is 0 Å². The highest BCUT2D eigenvalue weighted by molar-refractivity contribution is 5.95. The number of hydrogen-bond acceptors (Lipinski definition) is 3. The first-order chi connectivity index (χ1) is 15.0. The molecule has 0 N–H and O–H groups in total. The molecule has 2 aromatic carbocycles. The number of fused-ring (bicyclic) bond motifs is 2. The Labute approximate surface area is 179 Å². The van der Waals surface area contributed by atoms with Crippen LogP contribution in [0.1, 0.15) is 40.0 Å². The number of ether oxygens (including phenoxy) is 1. The van der Waals surface area contributed by atoms with Crippen LogP contribution in [-0.4, -0.2) is 40.3 Å². The van der Waals surface area contributed by atoms with Gasteiger partial charge in [0, 0.05) is 19.3 Å². The largest absolute Gasteiger partial charge is 0.368 e. The number of amides is 1. The lowest BCUT2D eigenvalue weighted by Crippen LogP contribution is -2.48. The molecule has 0 aliphatic carbocycles. The van der Waals surface area contributed by atoms with Crippen LogP contribution in [0.3, 0.4) is 0 Å². The van der Waals surface area contributed by atoms with Gasteiger partial charge in [0.25, 0.3) is 5.91 Å². The van der Waals surface area contributed by atoms with E-state index < -0.39 is 28.7 Å². The zero-order valence-electron chi connectivity index (χ0n) is 17.3. The van der Waals surface area contributed by atoms with Crippen molar-refractivity contribution in [2.24, 2.45) is 0 Å². The highest BCUT2D eigenvalue weighted by Crippen LogP contribution is 2.41. The standard InChI is InChI=1S/C24H23F2N3O2/c1-16-7-8-19(25)20(21(16)26)23(30)28-12-10-24(11-13-28)22-17(9-14-31-24)15-29(27-22)18-5-3-2-4-6-18/h2-8,15H,9-14H2,1H3. The van der Waals surface area contributed by atoms with Crippen molar-refractivity contribution in [2.75, 3.05) is 19.7 Å². The molecule has 0 bridgehead atoms. The van der Waals surface area contributed by atoms with Crippen molar-refractivity contribution < 1.29 is 18.3 Å². The van der Waals surface area contributed by atoms with Gasteiger partial charge < -0.3 is 9.64 Å². The second kappa shape index (κ2) is 7.57. The number of nitrogens with zero attached hydrogens (tertiary/aromatic N) is 3. The molecule has 0 radical (unpaired) electrons. The summed E-state index contributed by atoms with van der Waals surface area (Å²) >= 11 is 0. The van der Waals surface area contributed by atoms with Crippen molar-refractivity contribution >= 4 is 5.91 Å². The molecule has 5 nitrogen and oxygen atoms in total. The monoisotopic (exact) mass is 423 g/mol. The van der Waals surface area contributed by atoms with E-state index in [-0.39, 0.29) is 5.56 Å². The number of piperidine rings is 1. The summed E-state index contributed by atoms with van der Waals surface area (Å²) in [6.07, 6.45) is 3.90. The average Bonchev–Trinajstić information content (AvgIpc) is 3.24. The lowest BCUT2D eigenvalue weighted by atomic mass is 9.83. The van der Waals surface area contributed by atoms with Crippen LogP contribution in [0.5, 0.6) is 0 Å². The first kappa shape index (κ1) is 19.9. The van der Waals surface area contributed by atoms with Gasteiger partial charge in [-0.1, -0.05) is 24.3 Å². The summed E-state index contributed by atoms with van der Waals surface area (Å²) in [5.74, 6) is -2.23. The highest BCUT2D eigenvalue weighted by Gasteiger charge is 2.44. The number of likely N-dealkylation sites (tertiary alicyclic amines) is 1. The van der Waals surface area contributed by atoms with E-state index in [9.17, 15) is 13.6 Å². The van der Waals surface area contributed by atoms with Crippen LogP contribution >= 0.6 is 0 Å². The molecule has 3 aromatic rings. The molecular weight excluding hydrogens is 400 g/mol. The lowest BCUT2D eigenvalue weighted by Gasteiger charge is -2.43. The van der Waals surface area contributed by atoms with Crippen molar-refractivity contribution in [2.45, 2.75) is 31.8 Å². The number of aryl methyl sites for hydroxylation is 1. The summed E-state index contributed by atoms with van der Waals surface area (Å²) in [7, 11) is 0. The van der Waals surface area contributed by atoms with E-state index in [1.165, 1.54) is 17.9 Å². The van der Waals surface area contributed by atoms with Crippen LogP contribution in [0.25, 0.3) is 5.69 Å². The number of aromatic nitrogens is 2. The number of hydrogen-bond donors (Lipinski definition) is 0. The van der Waals surface area contributed by atoms with Crippen LogP contribution in [0.4, 0.5) is 8.78 Å². The molecule has 0 unspecified atom stereocenters. The van der Waals surface area contributed by atoms with E-state index in [2.05, 4.69) is 0 Å². The van der Waals surface area contributed by atoms with E-state index in [1.807, 2.05) is 41.2 Å². The molecule has 1 saturated heterocycles. The molecule has 5 rings (SSSR count). The van der Waals surface area contributed by atoms with Crippen LogP contribution in [0.15, 0.2) is 48.7 Å². The first-order valence-electron chi connectivity index (χ1n) is 10.5. The van der Waals surface area contributed by atoms with Crippen molar-refractivity contribution in [3.05, 3.63) is 82.7 Å². The summed E-state index contributed by atoms with van der Waals surface area (Å²) < 4.78 is 36.8. The molecule has 1 fully saturated rings. The van der Waals surface area contributed by atoms with Gasteiger partial charge in [0.1, 0.15) is 22.8 Å². The maximum Gasteiger partial charge on any atom is 0.259 e. The van der Waals surface area contributed by atoms with Gasteiger partial charge >= 0.3 is 0 Å². The van der Waals surface area contributed by atoms with E-state index >= 15 is 0 Å². The van der Waals surface area contributed by atoms with Gasteiger partial charge in [-0.15, -0.1) is 0 Å². The number of para-hydroxylation sites is 1. The van der Waals surface area contributed by atoms with Crippen LogP contribution in [-0.2, 0) is 16.8 Å². The predicted octanol–water partition coefficient (Wildman–Crippen LogP) is 4.16. The van der Waals surface area contributed by atoms with Crippen molar-refractivity contribution in [1.82, 2.24) is 14.7 Å². The van der Waals surface area contributed by atoms with Crippen molar-refractivity contribution in [3.8, 4) is 5.69 Å². The minimum atomic E-state index is -0.828. The molecule has 0 saturated carbocycles. The van der Waals surface area contributed by atoms with Gasteiger partial charge in [0.15, 0.2) is 0 Å². The molecule has 2 aliphatic heterocycles. The van der Waals surface area contributed by atoms with Gasteiger partial charge in [-0.2, -0.15) is 5.10 Å². The minimum Gasteiger partial charge on any atom is -0.368 e. The third kappa shape index (κ3) is 3.33. The number of benzene rings is 2. The molecule has 7 heteroatoms. The van der Waals surface area contributed by atoms with Crippen LogP contribution < -0.4 is 0 Å². The van der Waals surface area contributed by atoms with Crippen LogP contribution in [0.2, 0.25) is 0 Å². The molecule has 0 atom stereocenters. The van der Waals surface area contributed by atoms with Crippen LogP contribution in [0, 0.1) is 18.6 Å². The third-order valence-electron chi connectivity index (χ3n) is 6.35. The van der Waals surface area contributed by atoms with Gasteiger partial charge in [-0.25, -0.2) is 13.5 Å².